The fourth-order valence-electron chi connectivity index (χ4n) is 1.74. The number of hydrogen-bond acceptors (Lipinski definition) is 1. The summed E-state index contributed by atoms with van der Waals surface area (Å²) in [5, 5.41) is 3.22. The molecular formula is C11H13NS. The fourth-order valence-corrected chi connectivity index (χ4v) is 2.04. The molecule has 13 heavy (non-hydrogen) atoms. The first-order valence-electron chi connectivity index (χ1n) is 4.68. The first-order valence-corrected chi connectivity index (χ1v) is 5.09. The van der Waals surface area contributed by atoms with Gasteiger partial charge in [-0.3, -0.25) is 0 Å². The molecule has 0 saturated carbocycles. The second-order valence-corrected chi connectivity index (χ2v) is 3.91. The Morgan fingerprint density at radius 2 is 2.08 bits per heavy atom. The van der Waals surface area contributed by atoms with E-state index in [0.717, 1.165) is 18.0 Å². The van der Waals surface area contributed by atoms with E-state index in [-0.39, 0.29) is 0 Å². The lowest BCUT2D eigenvalue weighted by Crippen LogP contribution is -2.18. The van der Waals surface area contributed by atoms with Gasteiger partial charge in [-0.05, 0) is 18.4 Å². The minimum Gasteiger partial charge on any atom is -0.379 e. The van der Waals surface area contributed by atoms with Crippen LogP contribution in [0.5, 0.6) is 0 Å². The molecule has 2 heteroatoms. The molecule has 1 aliphatic rings. The maximum absolute atomic E-state index is 5.23. The van der Waals surface area contributed by atoms with Crippen LogP contribution in [0.1, 0.15) is 12.0 Å². The zero-order valence-electron chi connectivity index (χ0n) is 7.49. The van der Waals surface area contributed by atoms with Crippen molar-refractivity contribution in [2.24, 2.45) is 5.92 Å². The van der Waals surface area contributed by atoms with Crippen LogP contribution >= 0.6 is 12.2 Å². The van der Waals surface area contributed by atoms with Crippen LogP contribution in [0.25, 0.3) is 0 Å². The van der Waals surface area contributed by atoms with E-state index in [1.165, 1.54) is 12.0 Å². The summed E-state index contributed by atoms with van der Waals surface area (Å²) in [6.07, 6.45) is 2.28. The van der Waals surface area contributed by atoms with Crippen LogP contribution in [0.3, 0.4) is 0 Å². The first-order chi connectivity index (χ1) is 6.36. The predicted molar refractivity (Wildman–Crippen MR) is 58.9 cm³/mol. The van der Waals surface area contributed by atoms with E-state index in [4.69, 9.17) is 12.2 Å². The van der Waals surface area contributed by atoms with Gasteiger partial charge in [-0.2, -0.15) is 0 Å². The van der Waals surface area contributed by atoms with Gasteiger partial charge < -0.3 is 5.32 Å². The van der Waals surface area contributed by atoms with Crippen LogP contribution in [-0.4, -0.2) is 11.5 Å². The van der Waals surface area contributed by atoms with E-state index in [2.05, 4.69) is 35.6 Å². The minimum atomic E-state index is 0.567. The molecule has 0 spiro atoms. The smallest absolute Gasteiger partial charge is 0.0788 e. The zero-order valence-corrected chi connectivity index (χ0v) is 8.31. The van der Waals surface area contributed by atoms with E-state index in [0.29, 0.717) is 5.92 Å². The Balaban J connectivity index is 2.02. The summed E-state index contributed by atoms with van der Waals surface area (Å²) in [7, 11) is 0. The molecule has 0 aliphatic carbocycles. The predicted octanol–water partition coefficient (Wildman–Crippen LogP) is 2.17. The molecule has 1 aromatic rings. The Bertz CT molecular complexity index is 294. The van der Waals surface area contributed by atoms with Crippen LogP contribution in [0.4, 0.5) is 0 Å². The molecular weight excluding hydrogens is 178 g/mol. The minimum absolute atomic E-state index is 0.567. The van der Waals surface area contributed by atoms with Gasteiger partial charge in [0, 0.05) is 12.5 Å². The second kappa shape index (κ2) is 3.88. The molecule has 0 amide bonds. The van der Waals surface area contributed by atoms with E-state index >= 15 is 0 Å². The number of thiocarbonyl (C=S) groups is 1. The monoisotopic (exact) mass is 191 g/mol. The van der Waals surface area contributed by atoms with Gasteiger partial charge >= 0.3 is 0 Å². The third-order valence-corrected chi connectivity index (χ3v) is 2.97. The molecule has 0 aromatic heterocycles. The Labute approximate surface area is 84.2 Å². The quantitative estimate of drug-likeness (QED) is 0.719. The van der Waals surface area contributed by atoms with Crippen molar-refractivity contribution in [2.45, 2.75) is 12.8 Å². The maximum atomic E-state index is 5.23. The van der Waals surface area contributed by atoms with Crippen LogP contribution < -0.4 is 5.32 Å². The normalized spacial score (nSPS) is 21.5. The summed E-state index contributed by atoms with van der Waals surface area (Å²) in [5.74, 6) is 0.567. The molecule has 0 radical (unpaired) electrons. The molecule has 1 atom stereocenters. The van der Waals surface area contributed by atoms with Gasteiger partial charge in [-0.1, -0.05) is 42.5 Å². The maximum Gasteiger partial charge on any atom is 0.0788 e. The van der Waals surface area contributed by atoms with Gasteiger partial charge in [0.05, 0.1) is 4.99 Å². The van der Waals surface area contributed by atoms with E-state index in [1.807, 2.05) is 0 Å². The Morgan fingerprint density at radius 3 is 2.69 bits per heavy atom. The van der Waals surface area contributed by atoms with Gasteiger partial charge in [-0.25, -0.2) is 0 Å². The number of nitrogens with one attached hydrogen (secondary N) is 1. The molecule has 68 valence electrons. The number of hydrogen-bond donors (Lipinski definition) is 1. The lowest BCUT2D eigenvalue weighted by Gasteiger charge is -2.07. The molecule has 1 fully saturated rings. The summed E-state index contributed by atoms with van der Waals surface area (Å²) in [5.41, 5.74) is 1.39. The molecule has 1 saturated heterocycles. The fraction of sp³-hybridized carbons (Fsp3) is 0.364. The van der Waals surface area contributed by atoms with Crippen LogP contribution in [-0.2, 0) is 6.42 Å². The van der Waals surface area contributed by atoms with Gasteiger partial charge in [-0.15, -0.1) is 0 Å². The first kappa shape index (κ1) is 8.70. The topological polar surface area (TPSA) is 12.0 Å². The van der Waals surface area contributed by atoms with Crippen molar-refractivity contribution in [3.8, 4) is 0 Å². The molecule has 0 bridgehead atoms. The van der Waals surface area contributed by atoms with Crippen LogP contribution in [0.2, 0.25) is 0 Å². The van der Waals surface area contributed by atoms with E-state index in [1.54, 1.807) is 0 Å². The zero-order chi connectivity index (χ0) is 9.10. The highest BCUT2D eigenvalue weighted by molar-refractivity contribution is 7.80. The van der Waals surface area contributed by atoms with E-state index < -0.39 is 0 Å². The molecule has 1 nitrogen and oxygen atoms in total. The lowest BCUT2D eigenvalue weighted by molar-refractivity contribution is 0.686. The van der Waals surface area contributed by atoms with Crippen molar-refractivity contribution in [1.82, 2.24) is 5.32 Å². The van der Waals surface area contributed by atoms with E-state index in [9.17, 15) is 0 Å². The Morgan fingerprint density at radius 1 is 1.31 bits per heavy atom. The molecule has 1 aliphatic heterocycles. The summed E-state index contributed by atoms with van der Waals surface area (Å²) in [6, 6.07) is 10.6. The summed E-state index contributed by atoms with van der Waals surface area (Å²) in [4.78, 5) is 1.05. The number of rotatable bonds is 2. The SMILES string of the molecule is S=C1NCCC1Cc1ccccc1. The summed E-state index contributed by atoms with van der Waals surface area (Å²) < 4.78 is 0. The lowest BCUT2D eigenvalue weighted by atomic mass is 9.99. The largest absolute Gasteiger partial charge is 0.379 e. The summed E-state index contributed by atoms with van der Waals surface area (Å²) in [6.45, 7) is 1.05. The van der Waals surface area contributed by atoms with Crippen LogP contribution in [0, 0.1) is 5.92 Å². The highest BCUT2D eigenvalue weighted by atomic mass is 32.1. The van der Waals surface area contributed by atoms with Crippen molar-refractivity contribution in [2.75, 3.05) is 6.54 Å². The third-order valence-electron chi connectivity index (χ3n) is 2.49. The average Bonchev–Trinajstić information content (AvgIpc) is 2.54. The van der Waals surface area contributed by atoms with Gasteiger partial charge in [0.25, 0.3) is 0 Å². The van der Waals surface area contributed by atoms with Gasteiger partial charge in [0.15, 0.2) is 0 Å². The highest BCUT2D eigenvalue weighted by Gasteiger charge is 2.20. The third kappa shape index (κ3) is 2.07. The molecule has 2 rings (SSSR count). The number of benzene rings is 1. The molecule has 1 N–H and O–H groups in total. The molecule has 1 unspecified atom stereocenters. The van der Waals surface area contributed by atoms with Gasteiger partial charge in [0.1, 0.15) is 0 Å². The van der Waals surface area contributed by atoms with Crippen molar-refractivity contribution in [1.29, 1.82) is 0 Å². The molecule has 1 aromatic carbocycles. The van der Waals surface area contributed by atoms with Gasteiger partial charge in [0.2, 0.25) is 0 Å². The Hall–Kier alpha value is -0.890. The van der Waals surface area contributed by atoms with Crippen molar-refractivity contribution >= 4 is 17.2 Å². The van der Waals surface area contributed by atoms with Crippen molar-refractivity contribution < 1.29 is 0 Å². The average molecular weight is 191 g/mol. The molecule has 1 heterocycles. The van der Waals surface area contributed by atoms with Crippen LogP contribution in [0.15, 0.2) is 30.3 Å². The summed E-state index contributed by atoms with van der Waals surface area (Å²) >= 11 is 5.23. The second-order valence-electron chi connectivity index (χ2n) is 3.47. The Kier molecular flexibility index (Phi) is 2.60. The standard InChI is InChI=1S/C11H13NS/c13-11-10(6-7-12-11)8-9-4-2-1-3-5-9/h1-5,10H,6-8H2,(H,12,13). The highest BCUT2D eigenvalue weighted by Crippen LogP contribution is 2.16. The van der Waals surface area contributed by atoms with Crippen molar-refractivity contribution in [3.05, 3.63) is 35.9 Å². The van der Waals surface area contributed by atoms with Crippen molar-refractivity contribution in [3.63, 3.8) is 0 Å².